The first-order chi connectivity index (χ1) is 13.3. The standard InChI is InChI=1S/C21H23N5O/c27-21(25-19-9-10-19)20(18-7-2-1-3-8-18)23-12-16-5-4-6-17(11-16)13-26-15-22-14-24-26/h1-8,11,14-15,19-20,23H,9-10,12-13H2,(H,25,27)/t20-/m1/s1. The number of nitrogens with zero attached hydrogens (tertiary/aromatic N) is 3. The van der Waals surface area contributed by atoms with E-state index < -0.39 is 0 Å². The van der Waals surface area contributed by atoms with Crippen LogP contribution >= 0.6 is 0 Å². The van der Waals surface area contributed by atoms with Gasteiger partial charge < -0.3 is 5.32 Å². The molecule has 6 heteroatoms. The molecule has 0 radical (unpaired) electrons. The van der Waals surface area contributed by atoms with Crippen LogP contribution in [-0.4, -0.2) is 26.7 Å². The van der Waals surface area contributed by atoms with Crippen LogP contribution in [0.3, 0.4) is 0 Å². The molecule has 0 unspecified atom stereocenters. The SMILES string of the molecule is O=C(NC1CC1)[C@H](NCc1cccc(Cn2cncn2)c1)c1ccccc1. The maximum Gasteiger partial charge on any atom is 0.241 e. The van der Waals surface area contributed by atoms with Gasteiger partial charge in [0.05, 0.1) is 6.54 Å². The maximum absolute atomic E-state index is 12.7. The summed E-state index contributed by atoms with van der Waals surface area (Å²) >= 11 is 0. The summed E-state index contributed by atoms with van der Waals surface area (Å²) in [6.45, 7) is 1.29. The van der Waals surface area contributed by atoms with Crippen molar-refractivity contribution < 1.29 is 4.79 Å². The van der Waals surface area contributed by atoms with Gasteiger partial charge in [-0.2, -0.15) is 5.10 Å². The van der Waals surface area contributed by atoms with E-state index in [0.717, 1.165) is 29.5 Å². The molecule has 0 spiro atoms. The van der Waals surface area contributed by atoms with E-state index in [0.29, 0.717) is 19.1 Å². The van der Waals surface area contributed by atoms with E-state index in [1.165, 1.54) is 6.33 Å². The Morgan fingerprint density at radius 3 is 2.67 bits per heavy atom. The second-order valence-electron chi connectivity index (χ2n) is 6.92. The van der Waals surface area contributed by atoms with Gasteiger partial charge in [-0.15, -0.1) is 0 Å². The fraction of sp³-hybridized carbons (Fsp3) is 0.286. The van der Waals surface area contributed by atoms with Crippen LogP contribution in [0, 0.1) is 0 Å². The third kappa shape index (κ3) is 4.80. The molecular weight excluding hydrogens is 338 g/mol. The lowest BCUT2D eigenvalue weighted by molar-refractivity contribution is -0.123. The van der Waals surface area contributed by atoms with E-state index in [9.17, 15) is 4.79 Å². The molecule has 1 aromatic heterocycles. The minimum atomic E-state index is -0.356. The van der Waals surface area contributed by atoms with E-state index in [4.69, 9.17) is 0 Å². The van der Waals surface area contributed by atoms with Crippen molar-refractivity contribution in [2.45, 2.75) is 38.0 Å². The van der Waals surface area contributed by atoms with Crippen LogP contribution < -0.4 is 10.6 Å². The molecule has 1 atom stereocenters. The minimum absolute atomic E-state index is 0.0440. The van der Waals surface area contributed by atoms with Crippen LogP contribution in [0.2, 0.25) is 0 Å². The second kappa shape index (κ2) is 8.14. The number of benzene rings is 2. The Morgan fingerprint density at radius 2 is 1.93 bits per heavy atom. The number of amides is 1. The van der Waals surface area contributed by atoms with E-state index in [1.54, 1.807) is 11.0 Å². The molecule has 1 heterocycles. The Hall–Kier alpha value is -2.99. The molecule has 0 saturated heterocycles. The molecule has 1 fully saturated rings. The van der Waals surface area contributed by atoms with Gasteiger partial charge >= 0.3 is 0 Å². The third-order valence-corrected chi connectivity index (χ3v) is 4.63. The van der Waals surface area contributed by atoms with E-state index in [-0.39, 0.29) is 11.9 Å². The van der Waals surface area contributed by atoms with Gasteiger partial charge in [0.15, 0.2) is 0 Å². The first kappa shape index (κ1) is 17.4. The molecule has 27 heavy (non-hydrogen) atoms. The summed E-state index contributed by atoms with van der Waals surface area (Å²) in [6.07, 6.45) is 5.40. The molecule has 2 aromatic carbocycles. The number of carbonyl (C=O) groups is 1. The molecule has 138 valence electrons. The number of rotatable bonds is 8. The summed E-state index contributed by atoms with van der Waals surface area (Å²) in [6, 6.07) is 18.2. The zero-order valence-electron chi connectivity index (χ0n) is 15.1. The van der Waals surface area contributed by atoms with Gasteiger partial charge in [-0.25, -0.2) is 9.67 Å². The zero-order valence-corrected chi connectivity index (χ0v) is 15.1. The number of nitrogens with one attached hydrogen (secondary N) is 2. The Kier molecular flexibility index (Phi) is 5.25. The third-order valence-electron chi connectivity index (χ3n) is 4.63. The second-order valence-corrected chi connectivity index (χ2v) is 6.92. The monoisotopic (exact) mass is 361 g/mol. The van der Waals surface area contributed by atoms with Gasteiger partial charge in [-0.1, -0.05) is 54.6 Å². The van der Waals surface area contributed by atoms with Crippen molar-refractivity contribution >= 4 is 5.91 Å². The van der Waals surface area contributed by atoms with Crippen LogP contribution in [0.15, 0.2) is 67.3 Å². The van der Waals surface area contributed by atoms with Gasteiger partial charge in [0.1, 0.15) is 18.7 Å². The summed E-state index contributed by atoms with van der Waals surface area (Å²) in [5.74, 6) is 0.0440. The van der Waals surface area contributed by atoms with Crippen molar-refractivity contribution in [1.82, 2.24) is 25.4 Å². The van der Waals surface area contributed by atoms with E-state index in [1.807, 2.05) is 36.4 Å². The average molecular weight is 361 g/mol. The fourth-order valence-corrected chi connectivity index (χ4v) is 3.08. The summed E-state index contributed by atoms with van der Waals surface area (Å²) in [7, 11) is 0. The molecule has 4 rings (SSSR count). The quantitative estimate of drug-likeness (QED) is 0.646. The van der Waals surface area contributed by atoms with Crippen molar-refractivity contribution in [3.8, 4) is 0 Å². The highest BCUT2D eigenvalue weighted by Gasteiger charge is 2.28. The molecular formula is C21H23N5O. The molecule has 0 aliphatic heterocycles. The molecule has 1 amide bonds. The smallest absolute Gasteiger partial charge is 0.241 e. The van der Waals surface area contributed by atoms with Crippen molar-refractivity contribution in [3.63, 3.8) is 0 Å². The molecule has 1 aliphatic rings. The van der Waals surface area contributed by atoms with Crippen molar-refractivity contribution in [3.05, 3.63) is 83.9 Å². The Labute approximate surface area is 158 Å². The van der Waals surface area contributed by atoms with Crippen LogP contribution in [0.5, 0.6) is 0 Å². The summed E-state index contributed by atoms with van der Waals surface area (Å²) in [5, 5.41) is 10.7. The van der Waals surface area contributed by atoms with Crippen LogP contribution in [0.25, 0.3) is 0 Å². The van der Waals surface area contributed by atoms with E-state index in [2.05, 4.69) is 38.9 Å². The highest BCUT2D eigenvalue weighted by Crippen LogP contribution is 2.21. The van der Waals surface area contributed by atoms with Crippen molar-refractivity contribution in [2.24, 2.45) is 0 Å². The predicted octanol–water partition coefficient (Wildman–Crippen LogP) is 2.44. The van der Waals surface area contributed by atoms with E-state index >= 15 is 0 Å². The van der Waals surface area contributed by atoms with Crippen LogP contribution in [0.4, 0.5) is 0 Å². The lowest BCUT2D eigenvalue weighted by Crippen LogP contribution is -2.38. The summed E-state index contributed by atoms with van der Waals surface area (Å²) in [5.41, 5.74) is 3.26. The lowest BCUT2D eigenvalue weighted by Gasteiger charge is -2.19. The number of hydrogen-bond donors (Lipinski definition) is 2. The Balaban J connectivity index is 1.44. The zero-order chi connectivity index (χ0) is 18.5. The van der Waals surface area contributed by atoms with Crippen LogP contribution in [0.1, 0.15) is 35.6 Å². The lowest BCUT2D eigenvalue weighted by atomic mass is 10.0. The first-order valence-electron chi connectivity index (χ1n) is 9.27. The minimum Gasteiger partial charge on any atom is -0.352 e. The Bertz CT molecular complexity index is 875. The fourth-order valence-electron chi connectivity index (χ4n) is 3.08. The summed E-state index contributed by atoms with van der Waals surface area (Å²) in [4.78, 5) is 16.7. The largest absolute Gasteiger partial charge is 0.352 e. The number of aromatic nitrogens is 3. The predicted molar refractivity (Wildman–Crippen MR) is 103 cm³/mol. The van der Waals surface area contributed by atoms with Gasteiger partial charge in [0, 0.05) is 12.6 Å². The van der Waals surface area contributed by atoms with Crippen LogP contribution in [-0.2, 0) is 17.9 Å². The van der Waals surface area contributed by atoms with Gasteiger partial charge in [0.25, 0.3) is 0 Å². The molecule has 1 saturated carbocycles. The first-order valence-corrected chi connectivity index (χ1v) is 9.27. The molecule has 0 bridgehead atoms. The van der Waals surface area contributed by atoms with Gasteiger partial charge in [0.2, 0.25) is 5.91 Å². The van der Waals surface area contributed by atoms with Crippen molar-refractivity contribution in [1.29, 1.82) is 0 Å². The molecule has 3 aromatic rings. The number of hydrogen-bond acceptors (Lipinski definition) is 4. The van der Waals surface area contributed by atoms with Gasteiger partial charge in [-0.05, 0) is 29.5 Å². The van der Waals surface area contributed by atoms with Gasteiger partial charge in [-0.3, -0.25) is 10.1 Å². The summed E-state index contributed by atoms with van der Waals surface area (Å²) < 4.78 is 1.79. The maximum atomic E-state index is 12.7. The Morgan fingerprint density at radius 1 is 1.11 bits per heavy atom. The number of carbonyl (C=O) groups excluding carboxylic acids is 1. The molecule has 2 N–H and O–H groups in total. The average Bonchev–Trinajstić information content (AvgIpc) is 3.35. The van der Waals surface area contributed by atoms with Crippen molar-refractivity contribution in [2.75, 3.05) is 0 Å². The molecule has 1 aliphatic carbocycles. The topological polar surface area (TPSA) is 71.8 Å². The highest BCUT2D eigenvalue weighted by atomic mass is 16.2. The normalized spacial score (nSPS) is 14.7. The molecule has 6 nitrogen and oxygen atoms in total. The highest BCUT2D eigenvalue weighted by molar-refractivity contribution is 5.83.